The molecule has 2 aromatic carbocycles. The number of nitrogens with zero attached hydrogens (tertiary/aromatic N) is 5. The van der Waals surface area contributed by atoms with E-state index in [0.29, 0.717) is 24.1 Å². The van der Waals surface area contributed by atoms with Crippen LogP contribution in [0.15, 0.2) is 54.6 Å². The van der Waals surface area contributed by atoms with Crippen LogP contribution in [-0.4, -0.2) is 63.9 Å². The monoisotopic (exact) mass is 426 g/mol. The normalized spacial score (nSPS) is 15.6. The molecule has 8 nitrogen and oxygen atoms in total. The number of hydrogen-bond donors (Lipinski definition) is 1. The molecule has 3 aromatic rings. The zero-order chi connectivity index (χ0) is 20.8. The lowest BCUT2D eigenvalue weighted by molar-refractivity contribution is -0.123. The number of nitrogens with one attached hydrogen (secondary N) is 1. The van der Waals surface area contributed by atoms with E-state index in [1.165, 1.54) is 4.80 Å². The summed E-state index contributed by atoms with van der Waals surface area (Å²) in [4.78, 5) is 16.3. The highest BCUT2D eigenvalue weighted by molar-refractivity contribution is 6.30. The average Bonchev–Trinajstić information content (AvgIpc) is 3.23. The van der Waals surface area contributed by atoms with E-state index in [1.807, 2.05) is 42.5 Å². The molecule has 1 saturated heterocycles. The molecule has 1 fully saturated rings. The number of rotatable bonds is 7. The van der Waals surface area contributed by atoms with Gasteiger partial charge in [0.05, 0.1) is 19.3 Å². The first-order chi connectivity index (χ1) is 14.7. The molecular weight excluding hydrogens is 404 g/mol. The molecule has 0 aliphatic carbocycles. The van der Waals surface area contributed by atoms with Crippen molar-refractivity contribution in [1.29, 1.82) is 0 Å². The Hall–Kier alpha value is -2.81. The number of benzene rings is 2. The van der Waals surface area contributed by atoms with E-state index in [-0.39, 0.29) is 18.5 Å². The van der Waals surface area contributed by atoms with Crippen molar-refractivity contribution in [2.45, 2.75) is 12.6 Å². The van der Waals surface area contributed by atoms with E-state index in [4.69, 9.17) is 16.3 Å². The highest BCUT2D eigenvalue weighted by atomic mass is 35.5. The second-order valence-electron chi connectivity index (χ2n) is 7.09. The van der Waals surface area contributed by atoms with Crippen LogP contribution >= 0.6 is 11.6 Å². The largest absolute Gasteiger partial charge is 0.379 e. The van der Waals surface area contributed by atoms with Gasteiger partial charge in [0, 0.05) is 30.2 Å². The lowest BCUT2D eigenvalue weighted by Crippen LogP contribution is -2.43. The molecule has 156 valence electrons. The average molecular weight is 427 g/mol. The number of morpholine rings is 1. The van der Waals surface area contributed by atoms with E-state index < -0.39 is 0 Å². The fraction of sp³-hybridized carbons (Fsp3) is 0.333. The molecule has 0 radical (unpaired) electrons. The van der Waals surface area contributed by atoms with Gasteiger partial charge in [0.2, 0.25) is 11.7 Å². The highest BCUT2D eigenvalue weighted by Crippen LogP contribution is 2.17. The van der Waals surface area contributed by atoms with Gasteiger partial charge in [-0.15, -0.1) is 10.2 Å². The maximum atomic E-state index is 12.7. The summed E-state index contributed by atoms with van der Waals surface area (Å²) in [7, 11) is 0. The zero-order valence-electron chi connectivity index (χ0n) is 16.4. The predicted octanol–water partition coefficient (Wildman–Crippen LogP) is 2.18. The second-order valence-corrected chi connectivity index (χ2v) is 7.53. The van der Waals surface area contributed by atoms with E-state index in [1.54, 1.807) is 12.1 Å². The third-order valence-electron chi connectivity index (χ3n) is 4.92. The molecule has 0 saturated carbocycles. The van der Waals surface area contributed by atoms with Gasteiger partial charge in [0.25, 0.3) is 0 Å². The number of carbonyl (C=O) groups excluding carboxylic acids is 1. The molecule has 1 aromatic heterocycles. The molecule has 1 aliphatic rings. The van der Waals surface area contributed by atoms with Crippen LogP contribution in [0.4, 0.5) is 0 Å². The Morgan fingerprint density at radius 3 is 2.57 bits per heavy atom. The fourth-order valence-electron chi connectivity index (χ4n) is 3.35. The first-order valence-electron chi connectivity index (χ1n) is 9.85. The summed E-state index contributed by atoms with van der Waals surface area (Å²) in [5.41, 5.74) is 1.85. The molecule has 4 rings (SSSR count). The molecule has 30 heavy (non-hydrogen) atoms. The molecule has 0 spiro atoms. The van der Waals surface area contributed by atoms with Gasteiger partial charge in [-0.2, -0.15) is 4.80 Å². The van der Waals surface area contributed by atoms with Gasteiger partial charge in [0.1, 0.15) is 6.54 Å². The molecule has 1 atom stereocenters. The number of tetrazole rings is 1. The van der Waals surface area contributed by atoms with Crippen LogP contribution in [0, 0.1) is 0 Å². The van der Waals surface area contributed by atoms with Crippen LogP contribution in [-0.2, 0) is 16.1 Å². The Morgan fingerprint density at radius 1 is 1.10 bits per heavy atom. The Morgan fingerprint density at radius 2 is 1.83 bits per heavy atom. The Balaban J connectivity index is 1.41. The maximum absolute atomic E-state index is 12.7. The minimum absolute atomic E-state index is 0.00691. The molecule has 0 bridgehead atoms. The molecular formula is C21H23ClN6O2. The quantitative estimate of drug-likeness (QED) is 0.623. The summed E-state index contributed by atoms with van der Waals surface area (Å²) in [5, 5.41) is 16.1. The SMILES string of the molecule is O=C(Cn1nnc(-c2ccc(Cl)cc2)n1)NC(CN1CCOCC1)c1ccccc1. The van der Waals surface area contributed by atoms with Crippen LogP contribution in [0.3, 0.4) is 0 Å². The molecule has 1 aliphatic heterocycles. The standard InChI is InChI=1S/C21H23ClN6O2/c22-18-8-6-17(7-9-18)21-24-26-28(25-21)15-20(29)23-19(16-4-2-1-3-5-16)14-27-10-12-30-13-11-27/h1-9,19H,10-15H2,(H,23,29). The summed E-state index contributed by atoms with van der Waals surface area (Å²) in [6.07, 6.45) is 0. The lowest BCUT2D eigenvalue weighted by Gasteiger charge is -2.31. The van der Waals surface area contributed by atoms with Crippen molar-refractivity contribution in [1.82, 2.24) is 30.4 Å². The van der Waals surface area contributed by atoms with Gasteiger partial charge in [-0.3, -0.25) is 9.69 Å². The number of amides is 1. The summed E-state index contributed by atoms with van der Waals surface area (Å²) < 4.78 is 5.43. The van der Waals surface area contributed by atoms with Gasteiger partial charge >= 0.3 is 0 Å². The van der Waals surface area contributed by atoms with Gasteiger partial charge in [0.15, 0.2) is 0 Å². The highest BCUT2D eigenvalue weighted by Gasteiger charge is 2.20. The Bertz CT molecular complexity index is 957. The van der Waals surface area contributed by atoms with Gasteiger partial charge < -0.3 is 10.1 Å². The summed E-state index contributed by atoms with van der Waals surface area (Å²) >= 11 is 5.92. The van der Waals surface area contributed by atoms with Crippen molar-refractivity contribution in [2.75, 3.05) is 32.8 Å². The van der Waals surface area contributed by atoms with Gasteiger partial charge in [-0.05, 0) is 35.0 Å². The van der Waals surface area contributed by atoms with E-state index in [0.717, 1.165) is 30.8 Å². The lowest BCUT2D eigenvalue weighted by atomic mass is 10.1. The van der Waals surface area contributed by atoms with E-state index >= 15 is 0 Å². The van der Waals surface area contributed by atoms with E-state index in [2.05, 4.69) is 25.6 Å². The summed E-state index contributed by atoms with van der Waals surface area (Å²) in [5.74, 6) is 0.282. The second kappa shape index (κ2) is 9.80. The van der Waals surface area contributed by atoms with Crippen LogP contribution < -0.4 is 5.32 Å². The Labute approximate surface area is 179 Å². The van der Waals surface area contributed by atoms with Crippen LogP contribution in [0.2, 0.25) is 5.02 Å². The van der Waals surface area contributed by atoms with Crippen molar-refractivity contribution in [3.8, 4) is 11.4 Å². The van der Waals surface area contributed by atoms with Gasteiger partial charge in [-0.25, -0.2) is 0 Å². The van der Waals surface area contributed by atoms with Crippen molar-refractivity contribution in [3.05, 3.63) is 65.2 Å². The summed E-state index contributed by atoms with van der Waals surface area (Å²) in [6.45, 7) is 3.85. The summed E-state index contributed by atoms with van der Waals surface area (Å²) in [6, 6.07) is 17.0. The van der Waals surface area contributed by atoms with Crippen molar-refractivity contribution < 1.29 is 9.53 Å². The molecule has 1 amide bonds. The molecule has 1 N–H and O–H groups in total. The molecule has 2 heterocycles. The topological polar surface area (TPSA) is 85.2 Å². The third kappa shape index (κ3) is 5.41. The third-order valence-corrected chi connectivity index (χ3v) is 5.17. The predicted molar refractivity (Wildman–Crippen MR) is 113 cm³/mol. The Kier molecular flexibility index (Phi) is 6.68. The minimum atomic E-state index is -0.169. The molecule has 1 unspecified atom stereocenters. The number of aromatic nitrogens is 4. The maximum Gasteiger partial charge on any atom is 0.244 e. The fourth-order valence-corrected chi connectivity index (χ4v) is 3.48. The van der Waals surface area contributed by atoms with E-state index in [9.17, 15) is 4.79 Å². The number of halogens is 1. The minimum Gasteiger partial charge on any atom is -0.379 e. The smallest absolute Gasteiger partial charge is 0.244 e. The van der Waals surface area contributed by atoms with Crippen LogP contribution in [0.25, 0.3) is 11.4 Å². The van der Waals surface area contributed by atoms with Crippen LogP contribution in [0.1, 0.15) is 11.6 Å². The van der Waals surface area contributed by atoms with Crippen molar-refractivity contribution in [2.24, 2.45) is 0 Å². The molecule has 9 heteroatoms. The van der Waals surface area contributed by atoms with Crippen molar-refractivity contribution in [3.63, 3.8) is 0 Å². The van der Waals surface area contributed by atoms with Crippen LogP contribution in [0.5, 0.6) is 0 Å². The first-order valence-corrected chi connectivity index (χ1v) is 10.2. The number of carbonyl (C=O) groups is 1. The number of hydrogen-bond acceptors (Lipinski definition) is 6. The number of ether oxygens (including phenoxy) is 1. The van der Waals surface area contributed by atoms with Gasteiger partial charge in [-0.1, -0.05) is 41.9 Å². The zero-order valence-corrected chi connectivity index (χ0v) is 17.2. The first kappa shape index (κ1) is 20.5. The van der Waals surface area contributed by atoms with Crippen molar-refractivity contribution >= 4 is 17.5 Å².